The summed E-state index contributed by atoms with van der Waals surface area (Å²) in [7, 11) is 0. The van der Waals surface area contributed by atoms with Crippen LogP contribution in [-0.2, 0) is 6.42 Å². The molecule has 1 aliphatic heterocycles. The second kappa shape index (κ2) is 10.8. The number of rotatable bonds is 7. The van der Waals surface area contributed by atoms with Gasteiger partial charge in [0.1, 0.15) is 11.6 Å². The van der Waals surface area contributed by atoms with E-state index < -0.39 is 0 Å². The summed E-state index contributed by atoms with van der Waals surface area (Å²) in [6, 6.07) is 24.4. The van der Waals surface area contributed by atoms with Gasteiger partial charge in [-0.1, -0.05) is 54.6 Å². The van der Waals surface area contributed by atoms with Crippen molar-refractivity contribution in [1.82, 2.24) is 14.7 Å². The average molecular weight is 487 g/mol. The molecule has 4 aromatic rings. The summed E-state index contributed by atoms with van der Waals surface area (Å²) in [6.07, 6.45) is 2.60. The molecule has 1 aliphatic rings. The molecule has 0 spiro atoms. The summed E-state index contributed by atoms with van der Waals surface area (Å²) < 4.78 is 17.6. The van der Waals surface area contributed by atoms with Crippen molar-refractivity contribution in [3.8, 4) is 11.1 Å². The zero-order chi connectivity index (χ0) is 24.0. The molecule has 2 heterocycles. The Labute approximate surface area is 208 Å². The van der Waals surface area contributed by atoms with Gasteiger partial charge in [-0.05, 0) is 59.7 Å². The molecule has 0 aliphatic carbocycles. The highest BCUT2D eigenvalue weighted by molar-refractivity contribution is 7.09. The van der Waals surface area contributed by atoms with Crippen molar-refractivity contribution >= 4 is 22.6 Å². The van der Waals surface area contributed by atoms with Gasteiger partial charge in [-0.15, -0.1) is 0 Å². The fourth-order valence-electron chi connectivity index (χ4n) is 4.34. The van der Waals surface area contributed by atoms with E-state index in [4.69, 9.17) is 0 Å². The van der Waals surface area contributed by atoms with Gasteiger partial charge in [0, 0.05) is 43.2 Å². The number of hydrogen-bond acceptors (Lipinski definition) is 5. The van der Waals surface area contributed by atoms with Gasteiger partial charge in [-0.3, -0.25) is 4.79 Å². The SMILES string of the molecule is O=C(NCC1CCN(c2nc(Cc3ccc(F)cc3)ns2)CC1)c1ccc(-c2ccccc2)cc1. The standard InChI is InChI=1S/C28H27FN4OS/c29-25-12-6-20(7-13-25)18-26-31-28(35-32-26)33-16-14-21(15-17-33)19-30-27(34)24-10-8-23(9-11-24)22-4-2-1-3-5-22/h1-13,21H,14-19H2,(H,30,34). The molecule has 0 unspecified atom stereocenters. The number of hydrogen-bond donors (Lipinski definition) is 1. The Bertz CT molecular complexity index is 1250. The van der Waals surface area contributed by atoms with E-state index in [1.54, 1.807) is 12.1 Å². The van der Waals surface area contributed by atoms with Gasteiger partial charge in [-0.25, -0.2) is 9.37 Å². The first-order valence-electron chi connectivity index (χ1n) is 11.9. The summed E-state index contributed by atoms with van der Waals surface area (Å²) in [6.45, 7) is 2.48. The van der Waals surface area contributed by atoms with E-state index in [2.05, 4.69) is 31.7 Å². The molecule has 1 amide bonds. The van der Waals surface area contributed by atoms with Crippen molar-refractivity contribution in [2.75, 3.05) is 24.5 Å². The van der Waals surface area contributed by atoms with Crippen LogP contribution < -0.4 is 10.2 Å². The number of nitrogens with zero attached hydrogens (tertiary/aromatic N) is 3. The number of nitrogens with one attached hydrogen (secondary N) is 1. The van der Waals surface area contributed by atoms with Crippen LogP contribution in [0.3, 0.4) is 0 Å². The van der Waals surface area contributed by atoms with E-state index >= 15 is 0 Å². The van der Waals surface area contributed by atoms with Gasteiger partial charge >= 0.3 is 0 Å². The van der Waals surface area contributed by atoms with Crippen LogP contribution in [0.1, 0.15) is 34.6 Å². The number of carbonyl (C=O) groups excluding carboxylic acids is 1. The quantitative estimate of drug-likeness (QED) is 0.370. The Kier molecular flexibility index (Phi) is 7.14. The maximum absolute atomic E-state index is 13.1. The van der Waals surface area contributed by atoms with Crippen molar-refractivity contribution < 1.29 is 9.18 Å². The largest absolute Gasteiger partial charge is 0.352 e. The fraction of sp³-hybridized carbons (Fsp3) is 0.250. The van der Waals surface area contributed by atoms with E-state index in [1.165, 1.54) is 23.7 Å². The molecule has 0 bridgehead atoms. The minimum atomic E-state index is -0.235. The highest BCUT2D eigenvalue weighted by atomic mass is 32.1. The first kappa shape index (κ1) is 23.2. The lowest BCUT2D eigenvalue weighted by molar-refractivity contribution is 0.0945. The lowest BCUT2D eigenvalue weighted by atomic mass is 9.97. The normalized spacial score (nSPS) is 14.1. The first-order valence-corrected chi connectivity index (χ1v) is 12.7. The summed E-state index contributed by atoms with van der Waals surface area (Å²) in [5.74, 6) is 0.956. The molecule has 1 aromatic heterocycles. The zero-order valence-electron chi connectivity index (χ0n) is 19.4. The molecule has 5 nitrogen and oxygen atoms in total. The molecule has 0 radical (unpaired) electrons. The van der Waals surface area contributed by atoms with Crippen LogP contribution in [0.4, 0.5) is 9.52 Å². The van der Waals surface area contributed by atoms with Crippen molar-refractivity contribution in [1.29, 1.82) is 0 Å². The second-order valence-electron chi connectivity index (χ2n) is 8.88. The van der Waals surface area contributed by atoms with E-state index in [1.807, 2.05) is 42.5 Å². The Hall–Kier alpha value is -3.58. The number of halogens is 1. The third-order valence-corrected chi connectivity index (χ3v) is 7.24. The average Bonchev–Trinajstić information content (AvgIpc) is 3.38. The highest BCUT2D eigenvalue weighted by Gasteiger charge is 2.22. The summed E-state index contributed by atoms with van der Waals surface area (Å²) in [5, 5.41) is 4.04. The molecular weight excluding hydrogens is 459 g/mol. The van der Waals surface area contributed by atoms with Gasteiger partial charge in [-0.2, -0.15) is 4.37 Å². The molecule has 178 valence electrons. The number of carbonyl (C=O) groups is 1. The van der Waals surface area contributed by atoms with Gasteiger partial charge in [0.25, 0.3) is 5.91 Å². The number of aromatic nitrogens is 2. The predicted molar refractivity (Wildman–Crippen MR) is 138 cm³/mol. The van der Waals surface area contributed by atoms with Crippen LogP contribution in [0.5, 0.6) is 0 Å². The number of amides is 1. The molecule has 0 atom stereocenters. The summed E-state index contributed by atoms with van der Waals surface area (Å²) in [4.78, 5) is 19.6. The molecule has 1 fully saturated rings. The number of piperidine rings is 1. The van der Waals surface area contributed by atoms with Gasteiger partial charge in [0.2, 0.25) is 5.13 Å². The van der Waals surface area contributed by atoms with E-state index in [0.29, 0.717) is 24.4 Å². The second-order valence-corrected chi connectivity index (χ2v) is 9.61. The molecule has 35 heavy (non-hydrogen) atoms. The zero-order valence-corrected chi connectivity index (χ0v) is 20.2. The van der Waals surface area contributed by atoms with Gasteiger partial charge in [0.15, 0.2) is 0 Å². The molecular formula is C28H27FN4OS. The molecule has 1 saturated heterocycles. The highest BCUT2D eigenvalue weighted by Crippen LogP contribution is 2.25. The van der Waals surface area contributed by atoms with E-state index in [0.717, 1.165) is 53.6 Å². The molecule has 1 N–H and O–H groups in total. The topological polar surface area (TPSA) is 58.1 Å². The van der Waals surface area contributed by atoms with Gasteiger partial charge < -0.3 is 10.2 Å². The van der Waals surface area contributed by atoms with Crippen molar-refractivity contribution in [2.24, 2.45) is 5.92 Å². The monoisotopic (exact) mass is 486 g/mol. The van der Waals surface area contributed by atoms with Crippen molar-refractivity contribution in [2.45, 2.75) is 19.3 Å². The Balaban J connectivity index is 1.08. The molecule has 0 saturated carbocycles. The van der Waals surface area contributed by atoms with Crippen molar-refractivity contribution in [3.63, 3.8) is 0 Å². The van der Waals surface area contributed by atoms with Crippen LogP contribution in [0.15, 0.2) is 78.9 Å². The van der Waals surface area contributed by atoms with Gasteiger partial charge in [0.05, 0.1) is 0 Å². The maximum atomic E-state index is 13.1. The lowest BCUT2D eigenvalue weighted by Gasteiger charge is -2.31. The molecule has 5 rings (SSSR count). The molecule has 3 aromatic carbocycles. The van der Waals surface area contributed by atoms with E-state index in [9.17, 15) is 9.18 Å². The molecule has 7 heteroatoms. The minimum Gasteiger partial charge on any atom is -0.352 e. The Morgan fingerprint density at radius 2 is 1.63 bits per heavy atom. The third-order valence-electron chi connectivity index (χ3n) is 6.42. The lowest BCUT2D eigenvalue weighted by Crippen LogP contribution is -2.38. The summed E-state index contributed by atoms with van der Waals surface area (Å²) >= 11 is 1.42. The smallest absolute Gasteiger partial charge is 0.251 e. The number of anilines is 1. The Morgan fingerprint density at radius 1 is 0.943 bits per heavy atom. The van der Waals surface area contributed by atoms with Crippen LogP contribution in [0.2, 0.25) is 0 Å². The van der Waals surface area contributed by atoms with Crippen LogP contribution in [0.25, 0.3) is 11.1 Å². The summed E-state index contributed by atoms with van der Waals surface area (Å²) in [5.41, 5.74) is 3.93. The predicted octanol–water partition coefficient (Wildman–Crippen LogP) is 5.58. The van der Waals surface area contributed by atoms with Crippen molar-refractivity contribution in [3.05, 3.63) is 102 Å². The van der Waals surface area contributed by atoms with E-state index in [-0.39, 0.29) is 11.7 Å². The minimum absolute atomic E-state index is 0.0263. The van der Waals surface area contributed by atoms with Crippen LogP contribution in [-0.4, -0.2) is 34.9 Å². The first-order chi connectivity index (χ1) is 17.1. The fourth-order valence-corrected chi connectivity index (χ4v) is 5.08. The van der Waals surface area contributed by atoms with Crippen LogP contribution in [0, 0.1) is 11.7 Å². The van der Waals surface area contributed by atoms with Crippen LogP contribution >= 0.6 is 11.5 Å². The Morgan fingerprint density at radius 3 is 2.34 bits per heavy atom. The third kappa shape index (κ3) is 5.92. The number of benzene rings is 3. The maximum Gasteiger partial charge on any atom is 0.251 e.